The van der Waals surface area contributed by atoms with Crippen LogP contribution < -0.4 is 0 Å². The fourth-order valence-corrected chi connectivity index (χ4v) is 8.56. The van der Waals surface area contributed by atoms with Gasteiger partial charge in [-0.3, -0.25) is 18.6 Å². The van der Waals surface area contributed by atoms with E-state index in [2.05, 4.69) is 13.8 Å². The Balaban J connectivity index is 2.38. The van der Waals surface area contributed by atoms with Crippen molar-refractivity contribution in [3.8, 4) is 0 Å². The van der Waals surface area contributed by atoms with E-state index >= 15 is 0 Å². The van der Waals surface area contributed by atoms with E-state index in [-0.39, 0.29) is 12.8 Å². The van der Waals surface area contributed by atoms with Gasteiger partial charge in [0.1, 0.15) is 43.2 Å². The first-order valence-corrected chi connectivity index (χ1v) is 25.3. The molecule has 14 heteroatoms. The van der Waals surface area contributed by atoms with E-state index in [1.54, 1.807) is 0 Å². The Kier molecular flexibility index (Phi) is 34.4. The van der Waals surface area contributed by atoms with Crippen molar-refractivity contribution in [1.82, 2.24) is 0 Å². The van der Waals surface area contributed by atoms with Gasteiger partial charge < -0.3 is 39.9 Å². The Hall–Kier alpha value is -1.15. The molecule has 6 N–H and O–H groups in total. The predicted molar refractivity (Wildman–Crippen MR) is 231 cm³/mol. The molecule has 6 unspecified atom stereocenters. The molecule has 1 saturated carbocycles. The molecule has 8 atom stereocenters. The highest BCUT2D eigenvalue weighted by Gasteiger charge is 2.51. The molecular weight excluding hydrogens is 779 g/mol. The smallest absolute Gasteiger partial charge is 0.462 e. The Morgan fingerprint density at radius 1 is 0.458 bits per heavy atom. The van der Waals surface area contributed by atoms with Crippen molar-refractivity contribution in [2.24, 2.45) is 0 Å². The number of phosphoric acid groups is 1. The van der Waals surface area contributed by atoms with Gasteiger partial charge in [0.2, 0.25) is 0 Å². The van der Waals surface area contributed by atoms with Crippen LogP contribution in [0, 0.1) is 0 Å². The molecule has 0 saturated heterocycles. The van der Waals surface area contributed by atoms with Gasteiger partial charge in [-0.2, -0.15) is 0 Å². The minimum Gasteiger partial charge on any atom is -0.462 e. The standard InChI is InChI=1S/C45H87O13P/c1-3-5-7-9-11-13-15-16-17-18-19-20-21-22-24-25-27-29-31-33-38(46)55-35-37(57-39(47)34-32-30-28-26-23-14-12-10-8-6-4-2)36-56-59(53,54)58-45-43(51)41(49)40(48)42(50)44(45)52/h37,40-45,48-52H,3-36H2,1-2H3,(H,53,54)/t37-,40?,41-,42?,43?,44?,45?/m1/s1. The molecule has 1 rings (SSSR count). The average Bonchev–Trinajstić information content (AvgIpc) is 3.21. The summed E-state index contributed by atoms with van der Waals surface area (Å²) in [5.74, 6) is -1.08. The van der Waals surface area contributed by atoms with Crippen LogP contribution in [0.5, 0.6) is 0 Å². The third kappa shape index (κ3) is 29.0. The third-order valence-corrected chi connectivity index (χ3v) is 12.4. The Morgan fingerprint density at radius 2 is 0.763 bits per heavy atom. The molecule has 1 aliphatic rings. The number of hydrogen-bond acceptors (Lipinski definition) is 12. The van der Waals surface area contributed by atoms with Crippen LogP contribution >= 0.6 is 7.82 Å². The van der Waals surface area contributed by atoms with Gasteiger partial charge in [0.25, 0.3) is 0 Å². The van der Waals surface area contributed by atoms with Gasteiger partial charge in [0.05, 0.1) is 6.61 Å². The quantitative estimate of drug-likeness (QED) is 0.0193. The van der Waals surface area contributed by atoms with Crippen molar-refractivity contribution in [2.45, 2.75) is 262 Å². The second kappa shape index (κ2) is 36.3. The second-order valence-corrected chi connectivity index (χ2v) is 18.4. The maximum absolute atomic E-state index is 12.8. The lowest BCUT2D eigenvalue weighted by Crippen LogP contribution is -2.64. The minimum atomic E-state index is -5.11. The Labute approximate surface area is 357 Å². The van der Waals surface area contributed by atoms with Crippen molar-refractivity contribution < 1.29 is 63.1 Å². The van der Waals surface area contributed by atoms with Crippen molar-refractivity contribution >= 4 is 19.8 Å². The van der Waals surface area contributed by atoms with Crippen LogP contribution in [0.1, 0.15) is 219 Å². The van der Waals surface area contributed by atoms with Gasteiger partial charge in [-0.1, -0.05) is 194 Å². The van der Waals surface area contributed by atoms with E-state index in [0.29, 0.717) is 12.8 Å². The van der Waals surface area contributed by atoms with E-state index in [9.17, 15) is 44.6 Å². The number of carbonyl (C=O) groups is 2. The summed E-state index contributed by atoms with van der Waals surface area (Å²) in [6, 6.07) is 0. The SMILES string of the molecule is CCCCCCCCCCCCCCCCCCCCCC(=O)OC[C@H](COP(=O)(O)OC1C(O)C(O)C(O)[C@@H](O)C1O)OC(=O)CCCCCCCCCCCCC. The Bertz CT molecular complexity index is 1050. The highest BCUT2D eigenvalue weighted by Crippen LogP contribution is 2.47. The first-order valence-electron chi connectivity index (χ1n) is 23.8. The number of esters is 2. The van der Waals surface area contributed by atoms with Crippen LogP contribution in [-0.2, 0) is 32.7 Å². The molecule has 0 aromatic carbocycles. The van der Waals surface area contributed by atoms with Crippen LogP contribution in [0.3, 0.4) is 0 Å². The number of aliphatic hydroxyl groups excluding tert-OH is 5. The van der Waals surface area contributed by atoms with Crippen LogP contribution in [-0.4, -0.2) is 98.3 Å². The number of phosphoric ester groups is 1. The molecule has 0 amide bonds. The van der Waals surface area contributed by atoms with Crippen LogP contribution in [0.4, 0.5) is 0 Å². The summed E-state index contributed by atoms with van der Waals surface area (Å²) >= 11 is 0. The molecule has 1 aliphatic carbocycles. The second-order valence-electron chi connectivity index (χ2n) is 17.0. The van der Waals surface area contributed by atoms with E-state index < -0.39 is 75.7 Å². The molecule has 1 fully saturated rings. The Morgan fingerprint density at radius 3 is 1.12 bits per heavy atom. The van der Waals surface area contributed by atoms with Crippen molar-refractivity contribution in [3.05, 3.63) is 0 Å². The number of hydrogen-bond donors (Lipinski definition) is 6. The molecule has 350 valence electrons. The highest BCUT2D eigenvalue weighted by molar-refractivity contribution is 7.47. The van der Waals surface area contributed by atoms with Gasteiger partial charge in [-0.05, 0) is 12.8 Å². The van der Waals surface area contributed by atoms with Gasteiger partial charge in [-0.15, -0.1) is 0 Å². The van der Waals surface area contributed by atoms with Gasteiger partial charge in [0, 0.05) is 12.8 Å². The van der Waals surface area contributed by atoms with Crippen molar-refractivity contribution in [2.75, 3.05) is 13.2 Å². The number of aliphatic hydroxyl groups is 5. The van der Waals surface area contributed by atoms with E-state index in [1.165, 1.54) is 135 Å². The summed E-state index contributed by atoms with van der Waals surface area (Å²) in [6.45, 7) is 3.31. The van der Waals surface area contributed by atoms with Gasteiger partial charge in [0.15, 0.2) is 6.10 Å². The summed E-state index contributed by atoms with van der Waals surface area (Å²) in [6.07, 6.45) is 23.1. The van der Waals surface area contributed by atoms with Gasteiger partial charge in [-0.25, -0.2) is 4.57 Å². The summed E-state index contributed by atoms with van der Waals surface area (Å²) in [7, 11) is -5.11. The molecule has 59 heavy (non-hydrogen) atoms. The lowest BCUT2D eigenvalue weighted by Gasteiger charge is -2.41. The molecule has 0 heterocycles. The summed E-state index contributed by atoms with van der Waals surface area (Å²) in [5, 5.41) is 50.1. The minimum absolute atomic E-state index is 0.104. The molecule has 0 aromatic heterocycles. The lowest BCUT2D eigenvalue weighted by atomic mass is 9.85. The number of carbonyl (C=O) groups excluding carboxylic acids is 2. The van der Waals surface area contributed by atoms with Crippen LogP contribution in [0.2, 0.25) is 0 Å². The maximum Gasteiger partial charge on any atom is 0.472 e. The molecule has 0 aliphatic heterocycles. The molecule has 0 spiro atoms. The van der Waals surface area contributed by atoms with Crippen LogP contribution in [0.15, 0.2) is 0 Å². The van der Waals surface area contributed by atoms with E-state index in [4.69, 9.17) is 18.5 Å². The fraction of sp³-hybridized carbons (Fsp3) is 0.956. The van der Waals surface area contributed by atoms with Crippen molar-refractivity contribution in [1.29, 1.82) is 0 Å². The summed E-state index contributed by atoms with van der Waals surface area (Å²) < 4.78 is 33.5. The van der Waals surface area contributed by atoms with E-state index in [0.717, 1.165) is 44.9 Å². The topological polar surface area (TPSA) is 210 Å². The predicted octanol–water partition coefficient (Wildman–Crippen LogP) is 9.28. The molecule has 13 nitrogen and oxygen atoms in total. The normalized spacial score (nSPS) is 22.2. The zero-order valence-electron chi connectivity index (χ0n) is 37.1. The monoisotopic (exact) mass is 867 g/mol. The average molecular weight is 867 g/mol. The van der Waals surface area contributed by atoms with Crippen molar-refractivity contribution in [3.63, 3.8) is 0 Å². The zero-order chi connectivity index (χ0) is 43.6. The number of ether oxygens (including phenoxy) is 2. The molecule has 0 bridgehead atoms. The summed E-state index contributed by atoms with van der Waals surface area (Å²) in [5.41, 5.74) is 0. The fourth-order valence-electron chi connectivity index (χ4n) is 7.58. The molecule has 0 radical (unpaired) electrons. The number of unbranched alkanes of at least 4 members (excludes halogenated alkanes) is 28. The first kappa shape index (κ1) is 55.9. The highest BCUT2D eigenvalue weighted by atomic mass is 31.2. The maximum atomic E-state index is 12.8. The molecular formula is C45H87O13P. The largest absolute Gasteiger partial charge is 0.472 e. The lowest BCUT2D eigenvalue weighted by molar-refractivity contribution is -0.220. The first-order chi connectivity index (χ1) is 28.4. The number of rotatable bonds is 40. The van der Waals surface area contributed by atoms with Crippen LogP contribution in [0.25, 0.3) is 0 Å². The summed E-state index contributed by atoms with van der Waals surface area (Å²) in [4.78, 5) is 35.6. The zero-order valence-corrected chi connectivity index (χ0v) is 38.0. The van der Waals surface area contributed by atoms with E-state index in [1.807, 2.05) is 0 Å². The third-order valence-electron chi connectivity index (χ3n) is 11.4. The molecule has 0 aromatic rings. The van der Waals surface area contributed by atoms with Gasteiger partial charge >= 0.3 is 19.8 Å².